The molecule has 4 heteroatoms. The number of rotatable bonds is 5. The molecule has 0 fully saturated rings. The van der Waals surface area contributed by atoms with Gasteiger partial charge in [-0.3, -0.25) is 4.79 Å². The molecule has 0 aliphatic rings. The third-order valence-corrected chi connectivity index (χ3v) is 3.21. The molecule has 3 nitrogen and oxygen atoms in total. The monoisotopic (exact) mass is 177 g/mol. The van der Waals surface area contributed by atoms with Crippen molar-refractivity contribution in [3.8, 4) is 0 Å². The van der Waals surface area contributed by atoms with Crippen molar-refractivity contribution >= 4 is 17.7 Å². The minimum atomic E-state index is -0.751. The quantitative estimate of drug-likeness (QED) is 0.655. The lowest BCUT2D eigenvalue weighted by atomic mass is 10.1. The Balaban J connectivity index is 3.99. The number of thioether (sulfide) groups is 1. The molecule has 0 aromatic rings. The Hall–Kier alpha value is -0.220. The van der Waals surface area contributed by atoms with Crippen LogP contribution in [0, 0.1) is 0 Å². The second kappa shape index (κ2) is 4.62. The zero-order valence-electron chi connectivity index (χ0n) is 6.96. The van der Waals surface area contributed by atoms with E-state index in [9.17, 15) is 4.79 Å². The summed E-state index contributed by atoms with van der Waals surface area (Å²) in [7, 11) is 0. The molecule has 3 N–H and O–H groups in total. The predicted octanol–water partition coefficient (Wildman–Crippen LogP) is 0.932. The van der Waals surface area contributed by atoms with E-state index < -0.39 is 10.7 Å². The van der Waals surface area contributed by atoms with Crippen LogP contribution in [0.4, 0.5) is 0 Å². The van der Waals surface area contributed by atoms with Gasteiger partial charge in [0.25, 0.3) is 0 Å². The fourth-order valence-corrected chi connectivity index (χ4v) is 1.50. The Bertz CT molecular complexity index is 140. The molecule has 0 aromatic heterocycles. The molecule has 0 aliphatic heterocycles. The van der Waals surface area contributed by atoms with Crippen molar-refractivity contribution < 1.29 is 9.90 Å². The van der Waals surface area contributed by atoms with Gasteiger partial charge in [-0.2, -0.15) is 0 Å². The summed E-state index contributed by atoms with van der Waals surface area (Å²) in [6, 6.07) is 0. The number of hydrogen-bond acceptors (Lipinski definition) is 3. The summed E-state index contributed by atoms with van der Waals surface area (Å²) >= 11 is 1.41. The van der Waals surface area contributed by atoms with Crippen LogP contribution in [0.3, 0.4) is 0 Å². The first-order chi connectivity index (χ1) is 5.06. The van der Waals surface area contributed by atoms with E-state index in [-0.39, 0.29) is 0 Å². The molecule has 11 heavy (non-hydrogen) atoms. The van der Waals surface area contributed by atoms with Gasteiger partial charge in [-0.15, -0.1) is 11.8 Å². The molecule has 1 unspecified atom stereocenters. The molecule has 66 valence electrons. The highest BCUT2D eigenvalue weighted by atomic mass is 32.2. The van der Waals surface area contributed by atoms with Gasteiger partial charge in [0.1, 0.15) is 4.75 Å². The topological polar surface area (TPSA) is 63.3 Å². The Morgan fingerprint density at radius 3 is 2.55 bits per heavy atom. The standard InChI is InChI=1S/C7H15NO2S/c1-3-7(2,6(9)10)11-5-4-8/h3-5,8H2,1-2H3,(H,9,10). The Morgan fingerprint density at radius 1 is 1.73 bits per heavy atom. The summed E-state index contributed by atoms with van der Waals surface area (Å²) in [5.74, 6) is -0.0464. The van der Waals surface area contributed by atoms with E-state index >= 15 is 0 Å². The second-order valence-electron chi connectivity index (χ2n) is 2.53. The van der Waals surface area contributed by atoms with Crippen molar-refractivity contribution in [2.45, 2.75) is 25.0 Å². The largest absolute Gasteiger partial charge is 0.480 e. The smallest absolute Gasteiger partial charge is 0.319 e. The Labute approximate surface area is 71.3 Å². The van der Waals surface area contributed by atoms with Crippen molar-refractivity contribution in [1.29, 1.82) is 0 Å². The number of nitrogens with two attached hydrogens (primary N) is 1. The third-order valence-electron chi connectivity index (χ3n) is 1.67. The maximum atomic E-state index is 10.7. The highest BCUT2D eigenvalue weighted by Gasteiger charge is 2.30. The van der Waals surface area contributed by atoms with Gasteiger partial charge < -0.3 is 10.8 Å². The molecule has 0 rings (SSSR count). The number of carboxylic acids is 1. The molecule has 0 saturated heterocycles. The van der Waals surface area contributed by atoms with Crippen molar-refractivity contribution in [2.75, 3.05) is 12.3 Å². The van der Waals surface area contributed by atoms with E-state index in [0.717, 1.165) is 0 Å². The van der Waals surface area contributed by atoms with Gasteiger partial charge in [-0.25, -0.2) is 0 Å². The molecular weight excluding hydrogens is 162 g/mol. The molecule has 0 aliphatic carbocycles. The van der Waals surface area contributed by atoms with Crippen LogP contribution in [0.25, 0.3) is 0 Å². The van der Waals surface area contributed by atoms with Crippen LogP contribution in [-0.2, 0) is 4.79 Å². The fourth-order valence-electron chi connectivity index (χ4n) is 0.599. The van der Waals surface area contributed by atoms with Crippen LogP contribution in [0.2, 0.25) is 0 Å². The highest BCUT2D eigenvalue weighted by molar-refractivity contribution is 8.01. The van der Waals surface area contributed by atoms with Crippen LogP contribution >= 0.6 is 11.8 Å². The maximum Gasteiger partial charge on any atom is 0.319 e. The summed E-state index contributed by atoms with van der Waals surface area (Å²) in [6.45, 7) is 4.14. The van der Waals surface area contributed by atoms with E-state index in [1.54, 1.807) is 6.92 Å². The highest BCUT2D eigenvalue weighted by Crippen LogP contribution is 2.27. The van der Waals surface area contributed by atoms with Gasteiger partial charge in [0, 0.05) is 12.3 Å². The zero-order chi connectivity index (χ0) is 8.91. The summed E-state index contributed by atoms with van der Waals surface area (Å²) in [4.78, 5) is 10.7. The van der Waals surface area contributed by atoms with Crippen molar-refractivity contribution in [1.82, 2.24) is 0 Å². The Morgan fingerprint density at radius 2 is 2.27 bits per heavy atom. The SMILES string of the molecule is CCC(C)(SCCN)C(=O)O. The minimum absolute atomic E-state index is 0.535. The van der Waals surface area contributed by atoms with Gasteiger partial charge in [-0.1, -0.05) is 6.92 Å². The van der Waals surface area contributed by atoms with Gasteiger partial charge in [-0.05, 0) is 13.3 Å². The van der Waals surface area contributed by atoms with Crippen LogP contribution in [0.5, 0.6) is 0 Å². The number of aliphatic carboxylic acids is 1. The normalized spacial score (nSPS) is 15.9. The molecule has 0 heterocycles. The molecular formula is C7H15NO2S. The summed E-state index contributed by atoms with van der Waals surface area (Å²) in [6.07, 6.45) is 0.632. The second-order valence-corrected chi connectivity index (χ2v) is 4.12. The van der Waals surface area contributed by atoms with E-state index in [1.807, 2.05) is 6.92 Å². The minimum Gasteiger partial charge on any atom is -0.480 e. The van der Waals surface area contributed by atoms with Crippen molar-refractivity contribution in [3.05, 3.63) is 0 Å². The molecule has 0 amide bonds. The molecule has 0 spiro atoms. The lowest BCUT2D eigenvalue weighted by molar-refractivity contribution is -0.139. The number of carboxylic acid groups (broad SMARTS) is 1. The average Bonchev–Trinajstić information content (AvgIpc) is 2.00. The van der Waals surface area contributed by atoms with Gasteiger partial charge in [0.2, 0.25) is 0 Å². The third kappa shape index (κ3) is 3.12. The molecule has 0 saturated carbocycles. The van der Waals surface area contributed by atoms with Crippen molar-refractivity contribution in [2.24, 2.45) is 5.73 Å². The van der Waals surface area contributed by atoms with Gasteiger partial charge in [0.05, 0.1) is 0 Å². The van der Waals surface area contributed by atoms with Crippen molar-refractivity contribution in [3.63, 3.8) is 0 Å². The van der Waals surface area contributed by atoms with Crippen LogP contribution in [-0.4, -0.2) is 28.1 Å². The van der Waals surface area contributed by atoms with Gasteiger partial charge >= 0.3 is 5.97 Å². The lowest BCUT2D eigenvalue weighted by Gasteiger charge is -2.21. The molecule has 0 aromatic carbocycles. The van der Waals surface area contributed by atoms with Crippen LogP contribution in [0.1, 0.15) is 20.3 Å². The average molecular weight is 177 g/mol. The molecule has 0 bridgehead atoms. The van der Waals surface area contributed by atoms with E-state index in [1.165, 1.54) is 11.8 Å². The first-order valence-electron chi connectivity index (χ1n) is 3.64. The number of hydrogen-bond donors (Lipinski definition) is 2. The fraction of sp³-hybridized carbons (Fsp3) is 0.857. The zero-order valence-corrected chi connectivity index (χ0v) is 7.78. The maximum absolute atomic E-state index is 10.7. The first-order valence-corrected chi connectivity index (χ1v) is 4.63. The van der Waals surface area contributed by atoms with Crippen LogP contribution < -0.4 is 5.73 Å². The lowest BCUT2D eigenvalue weighted by Crippen LogP contribution is -2.31. The predicted molar refractivity (Wildman–Crippen MR) is 47.8 cm³/mol. The number of carbonyl (C=O) groups is 1. The van der Waals surface area contributed by atoms with Gasteiger partial charge in [0.15, 0.2) is 0 Å². The molecule has 1 atom stereocenters. The van der Waals surface area contributed by atoms with Crippen LogP contribution in [0.15, 0.2) is 0 Å². The summed E-state index contributed by atoms with van der Waals surface area (Å²) < 4.78 is -0.653. The Kier molecular flexibility index (Phi) is 4.52. The molecule has 0 radical (unpaired) electrons. The van der Waals surface area contributed by atoms with E-state index in [4.69, 9.17) is 10.8 Å². The summed E-state index contributed by atoms with van der Waals surface area (Å²) in [5.41, 5.74) is 5.28. The van der Waals surface area contributed by atoms with E-state index in [2.05, 4.69) is 0 Å². The first kappa shape index (κ1) is 10.8. The summed E-state index contributed by atoms with van der Waals surface area (Å²) in [5, 5.41) is 8.80. The van der Waals surface area contributed by atoms with E-state index in [0.29, 0.717) is 18.7 Å².